The Morgan fingerprint density at radius 3 is 3.00 bits per heavy atom. The highest BCUT2D eigenvalue weighted by molar-refractivity contribution is 6.30. The third-order valence-electron chi connectivity index (χ3n) is 3.78. The van der Waals surface area contributed by atoms with Crippen LogP contribution < -0.4 is 0 Å². The first kappa shape index (κ1) is 15.3. The second kappa shape index (κ2) is 6.57. The number of ether oxygens (including phenoxy) is 1. The average Bonchev–Trinajstić information content (AvgIpc) is 2.78. The quantitative estimate of drug-likeness (QED) is 0.864. The molecule has 0 amide bonds. The van der Waals surface area contributed by atoms with Crippen LogP contribution in [-0.2, 0) is 9.53 Å². The molecule has 1 fully saturated rings. The molecule has 0 saturated carbocycles. The summed E-state index contributed by atoms with van der Waals surface area (Å²) in [6.45, 7) is 3.28. The third-order valence-corrected chi connectivity index (χ3v) is 4.02. The van der Waals surface area contributed by atoms with Gasteiger partial charge in [-0.05, 0) is 23.6 Å². The topological polar surface area (TPSA) is 49.8 Å². The van der Waals surface area contributed by atoms with Gasteiger partial charge in [0.05, 0.1) is 13.2 Å². The molecule has 3 atom stereocenters. The number of aliphatic hydroxyl groups is 1. The summed E-state index contributed by atoms with van der Waals surface area (Å²) >= 11 is 6.00. The van der Waals surface area contributed by atoms with Gasteiger partial charge >= 0.3 is 5.97 Å². The Morgan fingerprint density at radius 2 is 2.35 bits per heavy atom. The number of likely N-dealkylation sites (tertiary alicyclic amines) is 1. The van der Waals surface area contributed by atoms with Crippen LogP contribution in [-0.4, -0.2) is 48.3 Å². The summed E-state index contributed by atoms with van der Waals surface area (Å²) in [5.74, 6) is -0.0500. The maximum Gasteiger partial charge on any atom is 0.323 e. The fourth-order valence-corrected chi connectivity index (χ4v) is 2.93. The molecule has 1 heterocycles. The molecule has 1 aliphatic heterocycles. The molecule has 0 radical (unpaired) electrons. The van der Waals surface area contributed by atoms with Gasteiger partial charge in [-0.3, -0.25) is 9.69 Å². The van der Waals surface area contributed by atoms with Gasteiger partial charge in [-0.1, -0.05) is 30.7 Å². The second-order valence-electron chi connectivity index (χ2n) is 5.34. The van der Waals surface area contributed by atoms with Crippen molar-refractivity contribution in [3.8, 4) is 0 Å². The van der Waals surface area contributed by atoms with E-state index < -0.39 is 6.10 Å². The minimum absolute atomic E-state index is 0.228. The zero-order chi connectivity index (χ0) is 14.7. The van der Waals surface area contributed by atoms with Crippen molar-refractivity contribution in [2.75, 3.05) is 20.2 Å². The first-order valence-electron chi connectivity index (χ1n) is 6.76. The summed E-state index contributed by atoms with van der Waals surface area (Å²) in [6, 6.07) is 7.37. The summed E-state index contributed by atoms with van der Waals surface area (Å²) < 4.78 is 4.81. The zero-order valence-corrected chi connectivity index (χ0v) is 12.5. The Morgan fingerprint density at radius 1 is 1.60 bits per heavy atom. The van der Waals surface area contributed by atoms with Gasteiger partial charge in [-0.15, -0.1) is 0 Å². The van der Waals surface area contributed by atoms with E-state index in [1.54, 1.807) is 0 Å². The van der Waals surface area contributed by atoms with Crippen LogP contribution in [0, 0.1) is 0 Å². The van der Waals surface area contributed by atoms with E-state index in [0.29, 0.717) is 24.5 Å². The highest BCUT2D eigenvalue weighted by Crippen LogP contribution is 2.25. The van der Waals surface area contributed by atoms with Gasteiger partial charge in [0.15, 0.2) is 0 Å². The predicted molar refractivity (Wildman–Crippen MR) is 77.9 cm³/mol. The van der Waals surface area contributed by atoms with Crippen LogP contribution in [0.1, 0.15) is 24.8 Å². The number of esters is 1. The Hall–Kier alpha value is -1.10. The highest BCUT2D eigenvalue weighted by Gasteiger charge is 2.37. The molecule has 0 aliphatic carbocycles. The van der Waals surface area contributed by atoms with E-state index in [4.69, 9.17) is 16.3 Å². The molecule has 110 valence electrons. The number of aliphatic hydroxyl groups excluding tert-OH is 1. The van der Waals surface area contributed by atoms with E-state index in [9.17, 15) is 9.90 Å². The van der Waals surface area contributed by atoms with Gasteiger partial charge in [0.2, 0.25) is 0 Å². The molecule has 20 heavy (non-hydrogen) atoms. The number of benzene rings is 1. The maximum absolute atomic E-state index is 11.7. The minimum atomic E-state index is -0.467. The van der Waals surface area contributed by atoms with Crippen molar-refractivity contribution in [2.24, 2.45) is 0 Å². The van der Waals surface area contributed by atoms with Crippen LogP contribution in [0.25, 0.3) is 0 Å². The van der Waals surface area contributed by atoms with Crippen LogP contribution in [0.15, 0.2) is 24.3 Å². The van der Waals surface area contributed by atoms with Gasteiger partial charge in [-0.25, -0.2) is 0 Å². The summed E-state index contributed by atoms with van der Waals surface area (Å²) in [5.41, 5.74) is 1.13. The number of hydrogen-bond donors (Lipinski definition) is 1. The van der Waals surface area contributed by atoms with Crippen molar-refractivity contribution in [2.45, 2.75) is 31.4 Å². The Labute approximate surface area is 124 Å². The summed E-state index contributed by atoms with van der Waals surface area (Å²) in [4.78, 5) is 13.7. The van der Waals surface area contributed by atoms with Crippen LogP contribution in [0.2, 0.25) is 5.02 Å². The molecule has 0 aromatic heterocycles. The minimum Gasteiger partial charge on any atom is -0.468 e. The van der Waals surface area contributed by atoms with E-state index >= 15 is 0 Å². The Kier molecular flexibility index (Phi) is 5.02. The molecule has 4 nitrogen and oxygen atoms in total. The predicted octanol–water partition coefficient (Wildman–Crippen LogP) is 2.05. The van der Waals surface area contributed by atoms with Crippen LogP contribution in [0.3, 0.4) is 0 Å². The number of carbonyl (C=O) groups is 1. The van der Waals surface area contributed by atoms with Gasteiger partial charge in [-0.2, -0.15) is 0 Å². The van der Waals surface area contributed by atoms with Crippen molar-refractivity contribution in [1.29, 1.82) is 0 Å². The second-order valence-corrected chi connectivity index (χ2v) is 5.77. The van der Waals surface area contributed by atoms with Gasteiger partial charge in [0.1, 0.15) is 6.04 Å². The number of nitrogens with zero attached hydrogens (tertiary/aromatic N) is 1. The largest absolute Gasteiger partial charge is 0.468 e. The van der Waals surface area contributed by atoms with E-state index in [1.807, 2.05) is 29.2 Å². The monoisotopic (exact) mass is 297 g/mol. The molecule has 1 aliphatic rings. The van der Waals surface area contributed by atoms with Crippen molar-refractivity contribution in [3.05, 3.63) is 34.9 Å². The lowest BCUT2D eigenvalue weighted by Gasteiger charge is -2.25. The molecule has 5 heteroatoms. The number of halogens is 1. The smallest absolute Gasteiger partial charge is 0.323 e. The Balaban J connectivity index is 2.06. The van der Waals surface area contributed by atoms with E-state index in [2.05, 4.69) is 6.92 Å². The van der Waals surface area contributed by atoms with Gasteiger partial charge in [0.25, 0.3) is 0 Å². The molecule has 1 aromatic carbocycles. The number of methoxy groups -OCH3 is 1. The average molecular weight is 298 g/mol. The van der Waals surface area contributed by atoms with Gasteiger partial charge < -0.3 is 9.84 Å². The van der Waals surface area contributed by atoms with Crippen molar-refractivity contribution in [1.82, 2.24) is 4.90 Å². The molecular formula is C15H20ClNO3. The SMILES string of the molecule is COC(=O)[C@@H]1C[C@@H](O)CN1C[C@H](C)c1cccc(Cl)c1. The molecule has 0 spiro atoms. The number of carbonyl (C=O) groups excluding carboxylic acids is 1. The molecular weight excluding hydrogens is 278 g/mol. The fourth-order valence-electron chi connectivity index (χ4n) is 2.73. The fraction of sp³-hybridized carbons (Fsp3) is 0.533. The highest BCUT2D eigenvalue weighted by atomic mass is 35.5. The first-order valence-corrected chi connectivity index (χ1v) is 7.14. The van der Waals surface area contributed by atoms with E-state index in [0.717, 1.165) is 5.56 Å². The normalized spacial score (nSPS) is 24.6. The van der Waals surface area contributed by atoms with E-state index in [1.165, 1.54) is 7.11 Å². The maximum atomic E-state index is 11.7. The summed E-state index contributed by atoms with van der Waals surface area (Å²) in [6.07, 6.45) is -0.0276. The molecule has 0 bridgehead atoms. The number of β-amino-alcohol motifs (C(OH)–C–C–N with tert-alkyl or cyclic N) is 1. The first-order chi connectivity index (χ1) is 9.51. The number of hydrogen-bond acceptors (Lipinski definition) is 4. The van der Waals surface area contributed by atoms with Crippen LogP contribution in [0.4, 0.5) is 0 Å². The summed E-state index contributed by atoms with van der Waals surface area (Å²) in [5, 5.41) is 10.5. The molecule has 2 rings (SSSR count). The van der Waals surface area contributed by atoms with Crippen LogP contribution >= 0.6 is 11.6 Å². The summed E-state index contributed by atoms with van der Waals surface area (Å²) in [7, 11) is 1.38. The number of rotatable bonds is 4. The van der Waals surface area contributed by atoms with Crippen molar-refractivity contribution < 1.29 is 14.6 Å². The standard InChI is InChI=1S/C15H20ClNO3/c1-10(11-4-3-5-12(16)6-11)8-17-9-13(18)7-14(17)15(19)20-2/h3-6,10,13-14,18H,7-9H2,1-2H3/t10-,13+,14-/m0/s1. The van der Waals surface area contributed by atoms with E-state index in [-0.39, 0.29) is 17.9 Å². The zero-order valence-electron chi connectivity index (χ0n) is 11.8. The lowest BCUT2D eigenvalue weighted by atomic mass is 10.0. The molecule has 1 aromatic rings. The van der Waals surface area contributed by atoms with Crippen molar-refractivity contribution in [3.63, 3.8) is 0 Å². The molecule has 1 N–H and O–H groups in total. The van der Waals surface area contributed by atoms with Gasteiger partial charge in [0, 0.05) is 24.5 Å². The molecule has 0 unspecified atom stereocenters. The Bertz CT molecular complexity index is 480. The van der Waals surface area contributed by atoms with Crippen LogP contribution in [0.5, 0.6) is 0 Å². The van der Waals surface area contributed by atoms with Crippen molar-refractivity contribution >= 4 is 17.6 Å². The third kappa shape index (κ3) is 3.51. The lowest BCUT2D eigenvalue weighted by molar-refractivity contribution is -0.145. The lowest BCUT2D eigenvalue weighted by Crippen LogP contribution is -2.39. The molecule has 1 saturated heterocycles.